The van der Waals surface area contributed by atoms with Crippen molar-refractivity contribution in [2.45, 2.75) is 13.8 Å². The molecule has 3 aromatic rings. The predicted octanol–water partition coefficient (Wildman–Crippen LogP) is 3.85. The summed E-state index contributed by atoms with van der Waals surface area (Å²) in [6.45, 7) is 4.28. The molecule has 0 saturated heterocycles. The van der Waals surface area contributed by atoms with Crippen LogP contribution >= 0.6 is 0 Å². The van der Waals surface area contributed by atoms with Gasteiger partial charge in [-0.2, -0.15) is 0 Å². The van der Waals surface area contributed by atoms with Crippen LogP contribution in [0.2, 0.25) is 0 Å². The van der Waals surface area contributed by atoms with Gasteiger partial charge in [0.2, 0.25) is 0 Å². The molecule has 0 unspecified atom stereocenters. The Morgan fingerprint density at radius 3 is 2.57 bits per heavy atom. The molecule has 0 aliphatic heterocycles. The van der Waals surface area contributed by atoms with E-state index in [0.717, 1.165) is 5.56 Å². The fourth-order valence-electron chi connectivity index (χ4n) is 3.01. The van der Waals surface area contributed by atoms with Gasteiger partial charge >= 0.3 is 6.03 Å². The second-order valence-electron chi connectivity index (χ2n) is 6.52. The summed E-state index contributed by atoms with van der Waals surface area (Å²) in [5.74, 6) is 1.32. The number of nitrogens with zero attached hydrogens (tertiary/aromatic N) is 1. The minimum Gasteiger partial charge on any atom is -0.496 e. The maximum absolute atomic E-state index is 12.2. The zero-order chi connectivity index (χ0) is 21.7. The fraction of sp³-hybridized carbons (Fsp3) is 0.227. The van der Waals surface area contributed by atoms with Crippen LogP contribution in [0.3, 0.4) is 0 Å². The van der Waals surface area contributed by atoms with E-state index in [9.17, 15) is 9.59 Å². The maximum Gasteiger partial charge on any atom is 0.319 e. The van der Waals surface area contributed by atoms with Crippen molar-refractivity contribution in [3.8, 4) is 17.2 Å². The molecule has 8 nitrogen and oxygen atoms in total. The van der Waals surface area contributed by atoms with Gasteiger partial charge in [0.05, 0.1) is 18.2 Å². The number of aryl methyl sites for hydroxylation is 1. The van der Waals surface area contributed by atoms with Gasteiger partial charge in [0.25, 0.3) is 5.91 Å². The van der Waals surface area contributed by atoms with Gasteiger partial charge in [0.1, 0.15) is 17.2 Å². The molecule has 1 aromatic heterocycles. The normalized spacial score (nSPS) is 10.4. The predicted molar refractivity (Wildman–Crippen MR) is 116 cm³/mol. The van der Waals surface area contributed by atoms with Crippen LogP contribution in [0.4, 0.5) is 10.5 Å². The van der Waals surface area contributed by atoms with E-state index in [1.165, 1.54) is 7.11 Å². The van der Waals surface area contributed by atoms with E-state index in [1.807, 2.05) is 19.9 Å². The van der Waals surface area contributed by atoms with E-state index in [-0.39, 0.29) is 11.9 Å². The highest BCUT2D eigenvalue weighted by Gasteiger charge is 2.16. The number of carbonyl (C=O) groups excluding carboxylic acids is 2. The third-order valence-corrected chi connectivity index (χ3v) is 4.51. The van der Waals surface area contributed by atoms with Crippen molar-refractivity contribution in [3.63, 3.8) is 0 Å². The summed E-state index contributed by atoms with van der Waals surface area (Å²) >= 11 is 0. The summed E-state index contributed by atoms with van der Waals surface area (Å²) in [7, 11) is 3.07. The Kier molecular flexibility index (Phi) is 6.36. The molecule has 0 aliphatic carbocycles. The number of rotatable bonds is 6. The number of aromatic nitrogens is 1. The molecule has 156 valence electrons. The second kappa shape index (κ2) is 9.13. The SMILES string of the molecule is CCNC(=O)Nc1ccc(Oc2ccnc3cc(OC)c(C(=O)NC)cc23)cc1C. The first-order chi connectivity index (χ1) is 14.5. The first kappa shape index (κ1) is 20.9. The quantitative estimate of drug-likeness (QED) is 0.575. The molecule has 3 rings (SSSR count). The average Bonchev–Trinajstić information content (AvgIpc) is 2.74. The van der Waals surface area contributed by atoms with Crippen molar-refractivity contribution in [1.29, 1.82) is 0 Å². The summed E-state index contributed by atoms with van der Waals surface area (Å²) in [5, 5.41) is 8.78. The van der Waals surface area contributed by atoms with E-state index in [2.05, 4.69) is 20.9 Å². The number of hydrogen-bond acceptors (Lipinski definition) is 5. The highest BCUT2D eigenvalue weighted by molar-refractivity contribution is 6.02. The van der Waals surface area contributed by atoms with Crippen LogP contribution in [-0.4, -0.2) is 37.6 Å². The van der Waals surface area contributed by atoms with Crippen molar-refractivity contribution in [1.82, 2.24) is 15.6 Å². The van der Waals surface area contributed by atoms with Crippen LogP contribution in [0.25, 0.3) is 10.9 Å². The van der Waals surface area contributed by atoms with Crippen LogP contribution in [0.5, 0.6) is 17.2 Å². The molecule has 0 radical (unpaired) electrons. The van der Waals surface area contributed by atoms with Crippen molar-refractivity contribution in [2.24, 2.45) is 0 Å². The number of benzene rings is 2. The number of pyridine rings is 1. The molecule has 3 N–H and O–H groups in total. The van der Waals surface area contributed by atoms with Gasteiger partial charge in [-0.15, -0.1) is 0 Å². The molecule has 3 amide bonds. The number of urea groups is 1. The topological polar surface area (TPSA) is 102 Å². The van der Waals surface area contributed by atoms with Crippen LogP contribution in [0.15, 0.2) is 42.6 Å². The molecule has 0 atom stereocenters. The Hall–Kier alpha value is -3.81. The van der Waals surface area contributed by atoms with Gasteiger partial charge in [-0.1, -0.05) is 0 Å². The lowest BCUT2D eigenvalue weighted by Crippen LogP contribution is -2.28. The Balaban J connectivity index is 1.94. The Bertz CT molecular complexity index is 1100. The summed E-state index contributed by atoms with van der Waals surface area (Å²) in [6.07, 6.45) is 1.63. The lowest BCUT2D eigenvalue weighted by molar-refractivity contribution is 0.0960. The highest BCUT2D eigenvalue weighted by atomic mass is 16.5. The fourth-order valence-corrected chi connectivity index (χ4v) is 3.01. The van der Waals surface area contributed by atoms with Crippen LogP contribution in [-0.2, 0) is 0 Å². The standard InChI is InChI=1S/C22H24N4O4/c1-5-24-22(28)26-17-7-6-14(10-13(17)2)30-19-8-9-25-18-12-20(29-4)16(11-15(18)19)21(27)23-3/h6-12H,5H2,1-4H3,(H,23,27)(H2,24,26,28). The maximum atomic E-state index is 12.2. The van der Waals surface area contributed by atoms with Gasteiger partial charge in [0, 0.05) is 36.9 Å². The molecule has 0 saturated carbocycles. The molecule has 1 heterocycles. The third-order valence-electron chi connectivity index (χ3n) is 4.51. The summed E-state index contributed by atoms with van der Waals surface area (Å²) < 4.78 is 11.4. The molecule has 2 aromatic carbocycles. The molecule has 30 heavy (non-hydrogen) atoms. The lowest BCUT2D eigenvalue weighted by atomic mass is 10.1. The Morgan fingerprint density at radius 2 is 1.90 bits per heavy atom. The van der Waals surface area contributed by atoms with Crippen molar-refractivity contribution in [3.05, 3.63) is 53.7 Å². The van der Waals surface area contributed by atoms with Gasteiger partial charge in [-0.05, 0) is 49.7 Å². The molecule has 0 aliphatic rings. The van der Waals surface area contributed by atoms with Gasteiger partial charge in [-0.25, -0.2) is 4.79 Å². The first-order valence-corrected chi connectivity index (χ1v) is 9.49. The number of anilines is 1. The molecular weight excluding hydrogens is 384 g/mol. The summed E-state index contributed by atoms with van der Waals surface area (Å²) in [6, 6.07) is 10.3. The number of carbonyl (C=O) groups is 2. The van der Waals surface area contributed by atoms with Crippen molar-refractivity contribution < 1.29 is 19.1 Å². The van der Waals surface area contributed by atoms with Gasteiger partial charge < -0.3 is 25.4 Å². The molecule has 0 fully saturated rings. The molecule has 0 bridgehead atoms. The second-order valence-corrected chi connectivity index (χ2v) is 6.52. The summed E-state index contributed by atoms with van der Waals surface area (Å²) in [5.41, 5.74) is 2.58. The van der Waals surface area contributed by atoms with Crippen LogP contribution < -0.4 is 25.4 Å². The van der Waals surface area contributed by atoms with E-state index in [4.69, 9.17) is 9.47 Å². The van der Waals surface area contributed by atoms with E-state index < -0.39 is 0 Å². The minimum absolute atomic E-state index is 0.259. The van der Waals surface area contributed by atoms with E-state index >= 15 is 0 Å². The molecule has 0 spiro atoms. The zero-order valence-electron chi connectivity index (χ0n) is 17.3. The highest BCUT2D eigenvalue weighted by Crippen LogP contribution is 2.34. The zero-order valence-corrected chi connectivity index (χ0v) is 17.3. The first-order valence-electron chi connectivity index (χ1n) is 9.49. The molecule has 8 heteroatoms. The monoisotopic (exact) mass is 408 g/mol. The number of hydrogen-bond donors (Lipinski definition) is 3. The lowest BCUT2D eigenvalue weighted by Gasteiger charge is -2.14. The van der Waals surface area contributed by atoms with Gasteiger partial charge in [-0.3, -0.25) is 9.78 Å². The largest absolute Gasteiger partial charge is 0.496 e. The number of ether oxygens (including phenoxy) is 2. The van der Waals surface area contributed by atoms with Crippen LogP contribution in [0, 0.1) is 6.92 Å². The number of methoxy groups -OCH3 is 1. The van der Waals surface area contributed by atoms with Gasteiger partial charge in [0.15, 0.2) is 0 Å². The van der Waals surface area contributed by atoms with Crippen molar-refractivity contribution in [2.75, 3.05) is 26.0 Å². The minimum atomic E-state index is -0.264. The van der Waals surface area contributed by atoms with Crippen molar-refractivity contribution >= 4 is 28.5 Å². The number of nitrogens with one attached hydrogen (secondary N) is 3. The third kappa shape index (κ3) is 4.43. The summed E-state index contributed by atoms with van der Waals surface area (Å²) in [4.78, 5) is 28.3. The number of fused-ring (bicyclic) bond motifs is 1. The Morgan fingerprint density at radius 1 is 1.10 bits per heavy atom. The van der Waals surface area contributed by atoms with E-state index in [1.54, 1.807) is 43.6 Å². The Labute approximate surface area is 174 Å². The smallest absolute Gasteiger partial charge is 0.319 e. The average molecular weight is 408 g/mol. The van der Waals surface area contributed by atoms with Crippen LogP contribution in [0.1, 0.15) is 22.8 Å². The number of amides is 3. The molecular formula is C22H24N4O4. The van der Waals surface area contributed by atoms with E-state index in [0.29, 0.717) is 45.9 Å².